The molecular formula is C10H10Cl4O2. The predicted octanol–water partition coefficient (Wildman–Crippen LogP) is 3.28. The van der Waals surface area contributed by atoms with Gasteiger partial charge in [-0.3, -0.25) is 0 Å². The van der Waals surface area contributed by atoms with Gasteiger partial charge in [0.25, 0.3) is 0 Å². The first-order valence-corrected chi connectivity index (χ1v) is 5.94. The second kappa shape index (κ2) is 5.30. The molecule has 0 fully saturated rings. The third-order valence-corrected chi connectivity index (χ3v) is 2.75. The number of rotatable bonds is 3. The third kappa shape index (κ3) is 3.95. The number of hydrogen-bond acceptors (Lipinski definition) is 2. The molecule has 90 valence electrons. The minimum atomic E-state index is -1.65. The van der Waals surface area contributed by atoms with Gasteiger partial charge in [-0.15, -0.1) is 0 Å². The van der Waals surface area contributed by atoms with Crippen LogP contribution in [0.4, 0.5) is 0 Å². The third-order valence-electron chi connectivity index (χ3n) is 2.12. The Kier molecular flexibility index (Phi) is 4.76. The summed E-state index contributed by atoms with van der Waals surface area (Å²) in [4.78, 5) is 0. The summed E-state index contributed by atoms with van der Waals surface area (Å²) in [5.74, 6) is 0. The lowest BCUT2D eigenvalue weighted by atomic mass is 9.92. The molecule has 0 aliphatic heterocycles. The van der Waals surface area contributed by atoms with Gasteiger partial charge in [0, 0.05) is 11.4 Å². The van der Waals surface area contributed by atoms with E-state index >= 15 is 0 Å². The summed E-state index contributed by atoms with van der Waals surface area (Å²) in [6, 6.07) is 6.43. The summed E-state index contributed by atoms with van der Waals surface area (Å²) in [5.41, 5.74) is -1.20. The van der Waals surface area contributed by atoms with Crippen LogP contribution in [0.2, 0.25) is 5.02 Å². The van der Waals surface area contributed by atoms with Gasteiger partial charge in [-0.25, -0.2) is 0 Å². The van der Waals surface area contributed by atoms with Gasteiger partial charge in [-0.05, 0) is 17.7 Å². The van der Waals surface area contributed by atoms with E-state index in [0.717, 1.165) is 0 Å². The number of hydrogen-bond donors (Lipinski definition) is 2. The SMILES string of the molecule is OCC(O)(CC(Cl)(Cl)Cl)c1cccc(Cl)c1. The van der Waals surface area contributed by atoms with Crippen LogP contribution in [-0.2, 0) is 5.60 Å². The van der Waals surface area contributed by atoms with Crippen LogP contribution in [0.25, 0.3) is 0 Å². The fraction of sp³-hybridized carbons (Fsp3) is 0.400. The molecule has 2 nitrogen and oxygen atoms in total. The molecule has 1 atom stereocenters. The Bertz CT molecular complexity index is 364. The lowest BCUT2D eigenvalue weighted by molar-refractivity contribution is -0.0252. The number of halogens is 4. The average Bonchev–Trinajstić information content (AvgIpc) is 2.15. The molecule has 1 aromatic carbocycles. The van der Waals surface area contributed by atoms with Gasteiger partial charge in [0.15, 0.2) is 3.79 Å². The highest BCUT2D eigenvalue weighted by Crippen LogP contribution is 2.39. The molecule has 0 radical (unpaired) electrons. The summed E-state index contributed by atoms with van der Waals surface area (Å²) in [5, 5.41) is 19.9. The highest BCUT2D eigenvalue weighted by Gasteiger charge is 2.37. The Balaban J connectivity index is 3.05. The molecule has 0 spiro atoms. The highest BCUT2D eigenvalue weighted by atomic mass is 35.6. The quantitative estimate of drug-likeness (QED) is 0.841. The zero-order valence-electron chi connectivity index (χ0n) is 8.13. The molecule has 1 aromatic rings. The van der Waals surface area contributed by atoms with E-state index in [1.165, 1.54) is 6.07 Å². The maximum absolute atomic E-state index is 10.2. The van der Waals surface area contributed by atoms with Crippen molar-refractivity contribution in [1.82, 2.24) is 0 Å². The molecule has 0 aliphatic carbocycles. The van der Waals surface area contributed by atoms with Crippen LogP contribution in [0.5, 0.6) is 0 Å². The zero-order chi connectivity index (χ0) is 12.4. The maximum Gasteiger partial charge on any atom is 0.193 e. The molecule has 0 saturated heterocycles. The first-order valence-electron chi connectivity index (χ1n) is 4.43. The van der Waals surface area contributed by atoms with Gasteiger partial charge < -0.3 is 10.2 Å². The van der Waals surface area contributed by atoms with E-state index in [1.54, 1.807) is 18.2 Å². The van der Waals surface area contributed by atoms with Crippen LogP contribution in [0.1, 0.15) is 12.0 Å². The standard InChI is InChI=1S/C10H10Cl4O2/c11-8-3-1-2-7(4-8)9(16,6-15)5-10(12,13)14/h1-4,15-16H,5-6H2. The zero-order valence-corrected chi connectivity index (χ0v) is 11.2. The second-order valence-electron chi connectivity index (χ2n) is 3.49. The number of aliphatic hydroxyl groups is 2. The van der Waals surface area contributed by atoms with E-state index in [0.29, 0.717) is 10.6 Å². The van der Waals surface area contributed by atoms with Crippen LogP contribution in [-0.4, -0.2) is 20.6 Å². The molecule has 1 rings (SSSR count). The van der Waals surface area contributed by atoms with Crippen molar-refractivity contribution in [1.29, 1.82) is 0 Å². The fourth-order valence-corrected chi connectivity index (χ4v) is 2.21. The van der Waals surface area contributed by atoms with Crippen molar-refractivity contribution >= 4 is 46.4 Å². The Hall–Kier alpha value is 0.300. The van der Waals surface area contributed by atoms with Crippen molar-refractivity contribution < 1.29 is 10.2 Å². The van der Waals surface area contributed by atoms with Gasteiger partial charge in [-0.1, -0.05) is 58.5 Å². The number of benzene rings is 1. The summed E-state index contributed by atoms with van der Waals surface area (Å²) in [6.07, 6.45) is -0.221. The van der Waals surface area contributed by atoms with Crippen molar-refractivity contribution in [2.24, 2.45) is 0 Å². The van der Waals surface area contributed by atoms with Crippen molar-refractivity contribution in [2.75, 3.05) is 6.61 Å². The lowest BCUT2D eigenvalue weighted by Crippen LogP contribution is -2.34. The Morgan fingerprint density at radius 2 is 1.81 bits per heavy atom. The predicted molar refractivity (Wildman–Crippen MR) is 67.3 cm³/mol. The number of aliphatic hydroxyl groups excluding tert-OH is 1. The number of alkyl halides is 3. The van der Waals surface area contributed by atoms with Gasteiger partial charge in [-0.2, -0.15) is 0 Å². The molecule has 2 N–H and O–H groups in total. The average molecular weight is 304 g/mol. The normalized spacial score (nSPS) is 15.9. The van der Waals surface area contributed by atoms with Crippen molar-refractivity contribution in [3.8, 4) is 0 Å². The lowest BCUT2D eigenvalue weighted by Gasteiger charge is -2.29. The van der Waals surface area contributed by atoms with E-state index in [2.05, 4.69) is 0 Å². The van der Waals surface area contributed by atoms with E-state index in [1.807, 2.05) is 0 Å². The van der Waals surface area contributed by atoms with E-state index in [9.17, 15) is 10.2 Å². The molecule has 0 bridgehead atoms. The maximum atomic E-state index is 10.2. The van der Waals surface area contributed by atoms with Crippen LogP contribution >= 0.6 is 46.4 Å². The Morgan fingerprint density at radius 1 is 1.19 bits per heavy atom. The van der Waals surface area contributed by atoms with Crippen LogP contribution in [0.3, 0.4) is 0 Å². The van der Waals surface area contributed by atoms with Crippen molar-refractivity contribution in [3.05, 3.63) is 34.9 Å². The summed E-state index contributed by atoms with van der Waals surface area (Å²) >= 11 is 22.6. The summed E-state index contributed by atoms with van der Waals surface area (Å²) in [7, 11) is 0. The minimum Gasteiger partial charge on any atom is -0.393 e. The Morgan fingerprint density at radius 3 is 2.25 bits per heavy atom. The van der Waals surface area contributed by atoms with Crippen molar-refractivity contribution in [2.45, 2.75) is 15.8 Å². The highest BCUT2D eigenvalue weighted by molar-refractivity contribution is 6.67. The summed E-state index contributed by atoms with van der Waals surface area (Å²) < 4.78 is -1.65. The van der Waals surface area contributed by atoms with Crippen LogP contribution < -0.4 is 0 Å². The smallest absolute Gasteiger partial charge is 0.193 e. The van der Waals surface area contributed by atoms with Gasteiger partial charge in [0.05, 0.1) is 6.61 Å². The molecule has 0 aromatic heterocycles. The first kappa shape index (κ1) is 14.4. The van der Waals surface area contributed by atoms with Crippen molar-refractivity contribution in [3.63, 3.8) is 0 Å². The first-order chi connectivity index (χ1) is 7.27. The molecule has 1 unspecified atom stereocenters. The molecule has 0 amide bonds. The minimum absolute atomic E-state index is 0.221. The molecule has 0 saturated carbocycles. The van der Waals surface area contributed by atoms with E-state index < -0.39 is 16.0 Å². The van der Waals surface area contributed by atoms with E-state index in [4.69, 9.17) is 46.4 Å². The molecule has 0 heterocycles. The molecule has 6 heteroatoms. The topological polar surface area (TPSA) is 40.5 Å². The van der Waals surface area contributed by atoms with Gasteiger partial charge >= 0.3 is 0 Å². The monoisotopic (exact) mass is 302 g/mol. The van der Waals surface area contributed by atoms with Gasteiger partial charge in [0.2, 0.25) is 0 Å². The van der Waals surface area contributed by atoms with Crippen LogP contribution in [0, 0.1) is 0 Å². The second-order valence-corrected chi connectivity index (χ2v) is 6.44. The fourth-order valence-electron chi connectivity index (χ4n) is 1.36. The molecule has 16 heavy (non-hydrogen) atoms. The van der Waals surface area contributed by atoms with Crippen LogP contribution in [0.15, 0.2) is 24.3 Å². The van der Waals surface area contributed by atoms with E-state index in [-0.39, 0.29) is 6.42 Å². The Labute approximate surface area is 114 Å². The molecular weight excluding hydrogens is 294 g/mol. The largest absolute Gasteiger partial charge is 0.393 e. The molecule has 0 aliphatic rings. The van der Waals surface area contributed by atoms with Gasteiger partial charge in [0.1, 0.15) is 5.60 Å². The summed E-state index contributed by atoms with van der Waals surface area (Å²) in [6.45, 7) is -0.554.